The van der Waals surface area contributed by atoms with E-state index in [2.05, 4.69) is 15.2 Å². The molecular formula is C22H22N4O4. The molecule has 2 aliphatic rings. The zero-order valence-electron chi connectivity index (χ0n) is 16.4. The SMILES string of the molecule is Oc1cccc(-c2nc(Nc3ccc4c(c3)OCCO4)cc(N3CCOCC3)n2)c1. The predicted octanol–water partition coefficient (Wildman–Crippen LogP) is 3.20. The van der Waals surface area contributed by atoms with E-state index < -0.39 is 0 Å². The van der Waals surface area contributed by atoms with Gasteiger partial charge in [0.2, 0.25) is 0 Å². The Balaban J connectivity index is 1.50. The van der Waals surface area contributed by atoms with E-state index in [0.717, 1.165) is 35.9 Å². The number of anilines is 3. The topological polar surface area (TPSA) is 89.0 Å². The van der Waals surface area contributed by atoms with Crippen molar-refractivity contribution in [1.29, 1.82) is 0 Å². The molecular weight excluding hydrogens is 384 g/mol. The number of hydrogen-bond donors (Lipinski definition) is 2. The van der Waals surface area contributed by atoms with Gasteiger partial charge in [-0.25, -0.2) is 9.97 Å². The number of nitrogens with one attached hydrogen (secondary N) is 1. The Kier molecular flexibility index (Phi) is 4.98. The van der Waals surface area contributed by atoms with Gasteiger partial charge in [0.05, 0.1) is 13.2 Å². The zero-order valence-corrected chi connectivity index (χ0v) is 16.4. The van der Waals surface area contributed by atoms with Gasteiger partial charge >= 0.3 is 0 Å². The van der Waals surface area contributed by atoms with Gasteiger partial charge in [0.25, 0.3) is 0 Å². The Morgan fingerprint density at radius 1 is 0.867 bits per heavy atom. The molecule has 0 atom stereocenters. The van der Waals surface area contributed by atoms with Gasteiger partial charge in [0.1, 0.15) is 30.6 Å². The normalized spacial score (nSPS) is 15.7. The smallest absolute Gasteiger partial charge is 0.164 e. The molecule has 1 aromatic heterocycles. The van der Waals surface area contributed by atoms with Crippen LogP contribution in [0.15, 0.2) is 48.5 Å². The lowest BCUT2D eigenvalue weighted by Crippen LogP contribution is -2.36. The fourth-order valence-corrected chi connectivity index (χ4v) is 3.50. The van der Waals surface area contributed by atoms with Crippen LogP contribution in [-0.2, 0) is 4.74 Å². The summed E-state index contributed by atoms with van der Waals surface area (Å²) in [6.07, 6.45) is 0. The van der Waals surface area contributed by atoms with Crippen LogP contribution in [0.3, 0.4) is 0 Å². The first-order valence-electron chi connectivity index (χ1n) is 9.92. The van der Waals surface area contributed by atoms with Crippen molar-refractivity contribution in [3.05, 3.63) is 48.5 Å². The highest BCUT2D eigenvalue weighted by molar-refractivity contribution is 5.68. The van der Waals surface area contributed by atoms with Gasteiger partial charge in [-0.2, -0.15) is 0 Å². The van der Waals surface area contributed by atoms with Gasteiger partial charge in [0, 0.05) is 36.5 Å². The lowest BCUT2D eigenvalue weighted by atomic mass is 10.2. The molecule has 0 spiro atoms. The minimum atomic E-state index is 0.175. The van der Waals surface area contributed by atoms with Crippen molar-refractivity contribution in [1.82, 2.24) is 9.97 Å². The van der Waals surface area contributed by atoms with Crippen molar-refractivity contribution >= 4 is 17.3 Å². The summed E-state index contributed by atoms with van der Waals surface area (Å²) in [5.74, 6) is 3.63. The molecule has 0 aliphatic carbocycles. The number of hydrogen-bond acceptors (Lipinski definition) is 8. The fourth-order valence-electron chi connectivity index (χ4n) is 3.50. The third-order valence-electron chi connectivity index (χ3n) is 4.97. The summed E-state index contributed by atoms with van der Waals surface area (Å²) in [5, 5.41) is 13.2. The summed E-state index contributed by atoms with van der Waals surface area (Å²) in [6.45, 7) is 3.95. The molecule has 2 aliphatic heterocycles. The van der Waals surface area contributed by atoms with Crippen molar-refractivity contribution in [3.8, 4) is 28.6 Å². The van der Waals surface area contributed by atoms with Crippen LogP contribution in [0.1, 0.15) is 0 Å². The summed E-state index contributed by atoms with van der Waals surface area (Å²) in [6, 6.07) is 14.6. The Morgan fingerprint density at radius 2 is 1.70 bits per heavy atom. The van der Waals surface area contributed by atoms with Crippen LogP contribution in [0, 0.1) is 0 Å². The number of ether oxygens (including phenoxy) is 3. The summed E-state index contributed by atoms with van der Waals surface area (Å²) in [7, 11) is 0. The third kappa shape index (κ3) is 3.95. The molecule has 0 bridgehead atoms. The number of morpholine rings is 1. The van der Waals surface area contributed by atoms with E-state index >= 15 is 0 Å². The summed E-state index contributed by atoms with van der Waals surface area (Å²) >= 11 is 0. The number of rotatable bonds is 4. The number of fused-ring (bicyclic) bond motifs is 1. The van der Waals surface area contributed by atoms with Gasteiger partial charge in [-0.15, -0.1) is 0 Å². The van der Waals surface area contributed by atoms with Crippen molar-refractivity contribution in [3.63, 3.8) is 0 Å². The van der Waals surface area contributed by atoms with Crippen LogP contribution in [0.5, 0.6) is 17.2 Å². The van der Waals surface area contributed by atoms with Crippen molar-refractivity contribution in [2.45, 2.75) is 0 Å². The average Bonchev–Trinajstić information content (AvgIpc) is 2.79. The van der Waals surface area contributed by atoms with Gasteiger partial charge in [-0.05, 0) is 24.3 Å². The number of phenolic OH excluding ortho intramolecular Hbond substituents is 1. The van der Waals surface area contributed by atoms with Crippen molar-refractivity contribution < 1.29 is 19.3 Å². The molecule has 1 saturated heterocycles. The number of aromatic nitrogens is 2. The first-order valence-corrected chi connectivity index (χ1v) is 9.92. The largest absolute Gasteiger partial charge is 0.508 e. The van der Waals surface area contributed by atoms with Crippen LogP contribution in [0.4, 0.5) is 17.3 Å². The lowest BCUT2D eigenvalue weighted by molar-refractivity contribution is 0.122. The molecule has 8 heteroatoms. The molecule has 3 heterocycles. The monoisotopic (exact) mass is 406 g/mol. The lowest BCUT2D eigenvalue weighted by Gasteiger charge is -2.28. The second kappa shape index (κ2) is 8.08. The van der Waals surface area contributed by atoms with Gasteiger partial charge < -0.3 is 29.5 Å². The van der Waals surface area contributed by atoms with Gasteiger partial charge in [0.15, 0.2) is 17.3 Å². The molecule has 2 aromatic carbocycles. The molecule has 3 aromatic rings. The van der Waals surface area contributed by atoms with Gasteiger partial charge in [-0.3, -0.25) is 0 Å². The molecule has 1 fully saturated rings. The minimum Gasteiger partial charge on any atom is -0.508 e. The average molecular weight is 406 g/mol. The van der Waals surface area contributed by atoms with Crippen LogP contribution in [0.25, 0.3) is 11.4 Å². The molecule has 0 saturated carbocycles. The molecule has 0 radical (unpaired) electrons. The number of phenols is 1. The van der Waals surface area contributed by atoms with E-state index in [1.807, 2.05) is 30.3 Å². The van der Waals surface area contributed by atoms with E-state index in [0.29, 0.717) is 43.8 Å². The van der Waals surface area contributed by atoms with Crippen molar-refractivity contribution in [2.24, 2.45) is 0 Å². The molecule has 2 N–H and O–H groups in total. The Labute approximate surface area is 174 Å². The minimum absolute atomic E-state index is 0.175. The molecule has 0 amide bonds. The van der Waals surface area contributed by atoms with Crippen LogP contribution >= 0.6 is 0 Å². The quantitative estimate of drug-likeness (QED) is 0.683. The molecule has 30 heavy (non-hydrogen) atoms. The molecule has 5 rings (SSSR count). The second-order valence-electron chi connectivity index (χ2n) is 7.07. The zero-order chi connectivity index (χ0) is 20.3. The Bertz CT molecular complexity index is 1050. The number of benzene rings is 2. The van der Waals surface area contributed by atoms with E-state index in [1.54, 1.807) is 18.2 Å². The van der Waals surface area contributed by atoms with Crippen molar-refractivity contribution in [2.75, 3.05) is 49.7 Å². The maximum absolute atomic E-state index is 9.89. The highest BCUT2D eigenvalue weighted by Crippen LogP contribution is 2.34. The number of nitrogens with zero attached hydrogens (tertiary/aromatic N) is 3. The van der Waals surface area contributed by atoms with E-state index in [9.17, 15) is 5.11 Å². The predicted molar refractivity (Wildman–Crippen MR) is 113 cm³/mol. The van der Waals surface area contributed by atoms with Crippen LogP contribution in [0.2, 0.25) is 0 Å². The summed E-state index contributed by atoms with van der Waals surface area (Å²) < 4.78 is 16.7. The van der Waals surface area contributed by atoms with Gasteiger partial charge in [-0.1, -0.05) is 12.1 Å². The molecule has 0 unspecified atom stereocenters. The Hall–Kier alpha value is -3.52. The highest BCUT2D eigenvalue weighted by Gasteiger charge is 2.17. The fraction of sp³-hybridized carbons (Fsp3) is 0.273. The first-order chi connectivity index (χ1) is 14.7. The molecule has 154 valence electrons. The maximum atomic E-state index is 9.89. The first kappa shape index (κ1) is 18.5. The highest BCUT2D eigenvalue weighted by atomic mass is 16.6. The van der Waals surface area contributed by atoms with E-state index in [-0.39, 0.29) is 5.75 Å². The van der Waals surface area contributed by atoms with Crippen LogP contribution in [-0.4, -0.2) is 54.6 Å². The number of aromatic hydroxyl groups is 1. The van der Waals surface area contributed by atoms with Crippen LogP contribution < -0.4 is 19.7 Å². The molecule has 8 nitrogen and oxygen atoms in total. The van der Waals surface area contributed by atoms with E-state index in [4.69, 9.17) is 19.2 Å². The third-order valence-corrected chi connectivity index (χ3v) is 4.97. The van der Waals surface area contributed by atoms with E-state index in [1.165, 1.54) is 0 Å². The standard InChI is InChI=1S/C22H22N4O4/c27-17-3-1-2-15(12-17)22-24-20(14-21(25-22)26-6-8-28-9-7-26)23-16-4-5-18-19(13-16)30-11-10-29-18/h1-5,12-14,27H,6-11H2,(H,23,24,25). The summed E-state index contributed by atoms with van der Waals surface area (Å²) in [4.78, 5) is 11.6. The Morgan fingerprint density at radius 3 is 2.53 bits per heavy atom. The summed E-state index contributed by atoms with van der Waals surface area (Å²) in [5.41, 5.74) is 1.59. The second-order valence-corrected chi connectivity index (χ2v) is 7.07. The maximum Gasteiger partial charge on any atom is 0.164 e.